The third-order valence-electron chi connectivity index (χ3n) is 6.63. The maximum atomic E-state index is 12.7. The third kappa shape index (κ3) is 6.17. The fraction of sp³-hybridized carbons (Fsp3) is 0.161. The summed E-state index contributed by atoms with van der Waals surface area (Å²) in [6, 6.07) is 19.9. The number of nitrogens with two attached hydrogens (primary N) is 1. The van der Waals surface area contributed by atoms with E-state index in [1.165, 1.54) is 6.20 Å². The van der Waals surface area contributed by atoms with Crippen LogP contribution in [0.1, 0.15) is 16.1 Å². The molecule has 2 aromatic carbocycles. The lowest BCUT2D eigenvalue weighted by Crippen LogP contribution is -2.19. The number of benzene rings is 2. The first kappa shape index (κ1) is 28.3. The van der Waals surface area contributed by atoms with Crippen LogP contribution in [0.15, 0.2) is 83.8 Å². The minimum Gasteiger partial charge on any atom is -0.492 e. The summed E-state index contributed by atoms with van der Waals surface area (Å²) in [5.74, 6) is 1.78. The molecule has 0 fully saturated rings. The van der Waals surface area contributed by atoms with Crippen LogP contribution in [-0.2, 0) is 0 Å². The van der Waals surface area contributed by atoms with Gasteiger partial charge in [0.2, 0.25) is 5.88 Å². The van der Waals surface area contributed by atoms with E-state index in [-0.39, 0.29) is 11.7 Å². The predicted octanol–water partition coefficient (Wildman–Crippen LogP) is 4.74. The molecule has 0 atom stereocenters. The summed E-state index contributed by atoms with van der Waals surface area (Å²) in [4.78, 5) is 28.1. The first-order chi connectivity index (χ1) is 21.3. The molecule has 3 N–H and O–H groups in total. The molecule has 0 aliphatic rings. The van der Waals surface area contributed by atoms with Gasteiger partial charge in [-0.05, 0) is 79.9 Å². The van der Waals surface area contributed by atoms with Crippen molar-refractivity contribution in [2.75, 3.05) is 38.3 Å². The number of hydrogen-bond donors (Lipinski definition) is 2. The summed E-state index contributed by atoms with van der Waals surface area (Å²) >= 11 is 0. The van der Waals surface area contributed by atoms with Crippen LogP contribution in [0.3, 0.4) is 0 Å². The van der Waals surface area contributed by atoms with Gasteiger partial charge in [-0.3, -0.25) is 14.3 Å². The Morgan fingerprint density at radius 2 is 1.84 bits per heavy atom. The molecule has 4 aromatic heterocycles. The number of pyridine rings is 2. The number of nitrogens with zero attached hydrogens (tertiary/aromatic N) is 7. The number of nitrogen functional groups attached to an aromatic ring is 1. The highest BCUT2D eigenvalue weighted by Crippen LogP contribution is 2.33. The van der Waals surface area contributed by atoms with Gasteiger partial charge in [0, 0.05) is 41.9 Å². The number of likely N-dealkylation sites (N-methyl/N-ethyl adjacent to an activating group) is 1. The normalized spacial score (nSPS) is 11.2. The number of amides is 1. The van der Waals surface area contributed by atoms with Crippen LogP contribution in [0, 0.1) is 6.92 Å². The molecule has 13 nitrogen and oxygen atoms in total. The van der Waals surface area contributed by atoms with Crippen LogP contribution >= 0.6 is 0 Å². The number of ether oxygens (including phenoxy) is 2. The number of aryl methyl sites for hydroxylation is 1. The van der Waals surface area contributed by atoms with Crippen molar-refractivity contribution in [3.63, 3.8) is 0 Å². The molecule has 0 saturated carbocycles. The van der Waals surface area contributed by atoms with Crippen LogP contribution in [0.5, 0.6) is 17.4 Å². The van der Waals surface area contributed by atoms with Gasteiger partial charge in [-0.15, -0.1) is 0 Å². The van der Waals surface area contributed by atoms with Gasteiger partial charge in [-0.25, -0.2) is 14.6 Å². The van der Waals surface area contributed by atoms with E-state index < -0.39 is 0 Å². The van der Waals surface area contributed by atoms with Crippen LogP contribution in [-0.4, -0.2) is 67.9 Å². The van der Waals surface area contributed by atoms with E-state index in [9.17, 15) is 4.79 Å². The number of hydrogen-bond acceptors (Lipinski definition) is 11. The van der Waals surface area contributed by atoms with E-state index in [4.69, 9.17) is 24.8 Å². The summed E-state index contributed by atoms with van der Waals surface area (Å²) in [5, 5.41) is 10.6. The average molecular weight is 592 g/mol. The Morgan fingerprint density at radius 1 is 1.00 bits per heavy atom. The molecule has 222 valence electrons. The lowest BCUT2D eigenvalue weighted by molar-refractivity contribution is 0.102. The first-order valence-electron chi connectivity index (χ1n) is 13.7. The van der Waals surface area contributed by atoms with Gasteiger partial charge in [0.1, 0.15) is 23.6 Å². The predicted molar refractivity (Wildman–Crippen MR) is 164 cm³/mol. The molecule has 0 bridgehead atoms. The van der Waals surface area contributed by atoms with E-state index in [0.717, 1.165) is 23.7 Å². The highest BCUT2D eigenvalue weighted by atomic mass is 16.6. The molecule has 1 amide bonds. The van der Waals surface area contributed by atoms with E-state index in [0.29, 0.717) is 52.0 Å². The van der Waals surface area contributed by atoms with Crippen LogP contribution in [0.25, 0.3) is 28.2 Å². The number of aromatic nitrogens is 6. The zero-order chi connectivity index (χ0) is 30.6. The summed E-state index contributed by atoms with van der Waals surface area (Å²) in [6.07, 6.45) is 3.14. The number of anilines is 2. The fourth-order valence-corrected chi connectivity index (χ4v) is 4.39. The van der Waals surface area contributed by atoms with Gasteiger partial charge >= 0.3 is 0 Å². The second-order valence-electron chi connectivity index (χ2n) is 10.2. The molecule has 0 saturated heterocycles. The Bertz CT molecular complexity index is 1920. The Labute approximate surface area is 252 Å². The number of carbonyl (C=O) groups is 1. The molecule has 0 aliphatic carbocycles. The Balaban J connectivity index is 1.30. The topological polar surface area (TPSA) is 159 Å². The Hall–Kier alpha value is -5.82. The number of imidazole rings is 1. The zero-order valence-electron chi connectivity index (χ0n) is 24.3. The van der Waals surface area contributed by atoms with E-state index >= 15 is 0 Å². The number of nitrogens with one attached hydrogen (secondary N) is 1. The fourth-order valence-electron chi connectivity index (χ4n) is 4.39. The van der Waals surface area contributed by atoms with Crippen LogP contribution < -0.4 is 20.5 Å². The second kappa shape index (κ2) is 12.2. The second-order valence-corrected chi connectivity index (χ2v) is 10.2. The quantitative estimate of drug-likeness (QED) is 0.226. The molecule has 44 heavy (non-hydrogen) atoms. The van der Waals surface area contributed by atoms with Gasteiger partial charge in [0.25, 0.3) is 5.91 Å². The van der Waals surface area contributed by atoms with Gasteiger partial charge in [-0.1, -0.05) is 6.07 Å². The first-order valence-corrected chi connectivity index (χ1v) is 13.7. The zero-order valence-corrected chi connectivity index (χ0v) is 24.3. The van der Waals surface area contributed by atoms with Gasteiger partial charge in [-0.2, -0.15) is 0 Å². The summed E-state index contributed by atoms with van der Waals surface area (Å²) in [6.45, 7) is 3.22. The molecular formula is C31H29N9O4. The monoisotopic (exact) mass is 591 g/mol. The van der Waals surface area contributed by atoms with Crippen molar-refractivity contribution in [3.05, 3.63) is 90.4 Å². The molecule has 6 aromatic rings. The smallest absolute Gasteiger partial charge is 0.257 e. The van der Waals surface area contributed by atoms with E-state index in [1.807, 2.05) is 49.9 Å². The molecule has 4 heterocycles. The van der Waals surface area contributed by atoms with Gasteiger partial charge in [0.15, 0.2) is 17.3 Å². The van der Waals surface area contributed by atoms with Crippen molar-refractivity contribution < 1.29 is 18.9 Å². The van der Waals surface area contributed by atoms with Gasteiger partial charge in [0.05, 0.1) is 17.3 Å². The maximum absolute atomic E-state index is 12.7. The lowest BCUT2D eigenvalue weighted by Gasteiger charge is -2.13. The molecule has 0 aliphatic heterocycles. The largest absolute Gasteiger partial charge is 0.492 e. The summed E-state index contributed by atoms with van der Waals surface area (Å²) < 4.78 is 18.7. The highest BCUT2D eigenvalue weighted by Gasteiger charge is 2.21. The molecule has 13 heteroatoms. The Morgan fingerprint density at radius 3 is 2.57 bits per heavy atom. The average Bonchev–Trinajstić information content (AvgIpc) is 3.60. The van der Waals surface area contributed by atoms with E-state index in [2.05, 4.69) is 30.5 Å². The minimum atomic E-state index is -0.277. The number of carbonyl (C=O) groups excluding carboxylic acids is 1. The molecule has 0 radical (unpaired) electrons. The van der Waals surface area contributed by atoms with Gasteiger partial charge < -0.3 is 25.4 Å². The maximum Gasteiger partial charge on any atom is 0.257 e. The highest BCUT2D eigenvalue weighted by molar-refractivity contribution is 6.04. The van der Waals surface area contributed by atoms with Crippen molar-refractivity contribution in [2.45, 2.75) is 6.92 Å². The van der Waals surface area contributed by atoms with Crippen molar-refractivity contribution in [2.24, 2.45) is 0 Å². The molecule has 0 unspecified atom stereocenters. The molecule has 6 rings (SSSR count). The summed E-state index contributed by atoms with van der Waals surface area (Å²) in [5.41, 5.74) is 10.2. The van der Waals surface area contributed by atoms with Crippen LogP contribution in [0.2, 0.25) is 0 Å². The Kier molecular flexibility index (Phi) is 7.84. The van der Waals surface area contributed by atoms with E-state index in [1.54, 1.807) is 48.7 Å². The lowest BCUT2D eigenvalue weighted by atomic mass is 10.2. The van der Waals surface area contributed by atoms with Crippen molar-refractivity contribution in [1.29, 1.82) is 0 Å². The minimum absolute atomic E-state index is 0.106. The number of fused-ring (bicyclic) bond motifs is 1. The third-order valence-corrected chi connectivity index (χ3v) is 6.63. The van der Waals surface area contributed by atoms with Crippen molar-refractivity contribution in [1.82, 2.24) is 34.7 Å². The molecular weight excluding hydrogens is 562 g/mol. The SMILES string of the molecule is Cc1ccc(C(=O)Nc2cccc(Oc3cc4c(cn3)nc(-c3nonc3N)n4-c3ccc(OCCN(C)C)cc3)c2)cn1. The summed E-state index contributed by atoms with van der Waals surface area (Å²) in [7, 11) is 3.99. The van der Waals surface area contributed by atoms with Crippen molar-refractivity contribution >= 4 is 28.4 Å². The van der Waals surface area contributed by atoms with Crippen LogP contribution in [0.4, 0.5) is 11.5 Å². The number of rotatable bonds is 10. The van der Waals surface area contributed by atoms with Crippen molar-refractivity contribution in [3.8, 4) is 34.6 Å². The molecule has 0 spiro atoms. The standard InChI is InChI=1S/C31H29N9O4/c1-19-7-8-20(17-33-19)31(41)35-21-5-4-6-24(15-21)43-27-16-26-25(18-34-27)36-30(28-29(32)38-44-37-28)40(26)22-9-11-23(12-10-22)42-14-13-39(2)3/h4-12,15-18H,13-14H2,1-3H3,(H2,32,38)(H,35,41).